The molecule has 0 saturated heterocycles. The van der Waals surface area contributed by atoms with Crippen molar-refractivity contribution in [3.05, 3.63) is 36.5 Å². The van der Waals surface area contributed by atoms with Crippen LogP contribution in [0.4, 0.5) is 0 Å². The van der Waals surface area contributed by atoms with E-state index < -0.39 is 5.97 Å². The van der Waals surface area contributed by atoms with Gasteiger partial charge in [-0.15, -0.1) is 0 Å². The van der Waals surface area contributed by atoms with E-state index in [0.717, 1.165) is 44.9 Å². The van der Waals surface area contributed by atoms with Gasteiger partial charge in [-0.2, -0.15) is 0 Å². The SMILES string of the molecule is CCCCC(O)/C=C\C/C=C\C/C=C\CCCCC(=O)[O-].[Na+]. The Kier molecular flexibility index (Phi) is 20.3. The second kappa shape index (κ2) is 18.7. The summed E-state index contributed by atoms with van der Waals surface area (Å²) < 4.78 is 0. The molecule has 0 aromatic heterocycles. The van der Waals surface area contributed by atoms with Crippen molar-refractivity contribution in [2.75, 3.05) is 0 Å². The van der Waals surface area contributed by atoms with Crippen molar-refractivity contribution in [3.63, 3.8) is 0 Å². The number of unbranched alkanes of at least 4 members (excludes halogenated alkanes) is 3. The summed E-state index contributed by atoms with van der Waals surface area (Å²) in [5.74, 6) is -0.963. The number of rotatable bonds is 13. The Morgan fingerprint density at radius 2 is 1.68 bits per heavy atom. The number of aliphatic carboxylic acids is 1. The predicted octanol–water partition coefficient (Wildman–Crippen LogP) is 0.301. The first-order valence-corrected chi connectivity index (χ1v) is 8.01. The van der Waals surface area contributed by atoms with Crippen LogP contribution in [0, 0.1) is 0 Å². The first-order chi connectivity index (χ1) is 10.2. The van der Waals surface area contributed by atoms with Crippen LogP contribution in [-0.2, 0) is 4.79 Å². The van der Waals surface area contributed by atoms with E-state index in [1.165, 1.54) is 0 Å². The third-order valence-corrected chi connectivity index (χ3v) is 3.09. The number of carbonyl (C=O) groups excluding carboxylic acids is 1. The average Bonchev–Trinajstić information content (AvgIpc) is 2.45. The van der Waals surface area contributed by atoms with Gasteiger partial charge in [-0.3, -0.25) is 0 Å². The zero-order valence-corrected chi connectivity index (χ0v) is 16.2. The quantitative estimate of drug-likeness (QED) is 0.302. The van der Waals surface area contributed by atoms with Gasteiger partial charge >= 0.3 is 29.6 Å². The van der Waals surface area contributed by atoms with Gasteiger partial charge in [0.05, 0.1) is 6.10 Å². The van der Waals surface area contributed by atoms with Gasteiger partial charge in [-0.05, 0) is 44.9 Å². The standard InChI is InChI=1S/C18H30O3.Na/c1-2-3-14-17(19)15-12-10-8-6-4-5-7-9-11-13-16-18(20)21;/h5-8,12,15,17,19H,2-4,9-11,13-14,16H2,1H3,(H,20,21);/q;+1/p-1/b7-5-,8-6-,15-12-;. The van der Waals surface area contributed by atoms with Gasteiger partial charge < -0.3 is 15.0 Å². The minimum atomic E-state index is -0.963. The molecule has 4 heteroatoms. The molecular weight excluding hydrogens is 287 g/mol. The average molecular weight is 316 g/mol. The Morgan fingerprint density at radius 3 is 2.32 bits per heavy atom. The minimum Gasteiger partial charge on any atom is -0.550 e. The molecule has 0 saturated carbocycles. The van der Waals surface area contributed by atoms with Crippen LogP contribution < -0.4 is 34.7 Å². The van der Waals surface area contributed by atoms with E-state index in [1.54, 1.807) is 0 Å². The second-order valence-corrected chi connectivity index (χ2v) is 5.17. The van der Waals surface area contributed by atoms with Crippen LogP contribution in [0.15, 0.2) is 36.5 Å². The van der Waals surface area contributed by atoms with Gasteiger partial charge in [0.2, 0.25) is 0 Å². The Hall–Kier alpha value is -0.350. The fourth-order valence-corrected chi connectivity index (χ4v) is 1.84. The first kappa shape index (κ1) is 23.9. The normalized spacial score (nSPS) is 13.0. The Bertz CT molecular complexity index is 335. The molecule has 0 aliphatic carbocycles. The van der Waals surface area contributed by atoms with E-state index >= 15 is 0 Å². The monoisotopic (exact) mass is 316 g/mol. The van der Waals surface area contributed by atoms with Gasteiger partial charge in [0.15, 0.2) is 0 Å². The van der Waals surface area contributed by atoms with E-state index in [-0.39, 0.29) is 42.1 Å². The molecule has 22 heavy (non-hydrogen) atoms. The molecule has 1 atom stereocenters. The molecule has 0 fully saturated rings. The number of allylic oxidation sites excluding steroid dienone is 5. The van der Waals surface area contributed by atoms with E-state index in [4.69, 9.17) is 0 Å². The van der Waals surface area contributed by atoms with Gasteiger partial charge in [-0.1, -0.05) is 56.2 Å². The molecule has 1 unspecified atom stereocenters. The Balaban J connectivity index is 0. The maximum Gasteiger partial charge on any atom is 1.00 e. The number of aliphatic hydroxyl groups is 1. The van der Waals surface area contributed by atoms with Crippen molar-refractivity contribution in [2.45, 2.75) is 70.8 Å². The molecule has 0 aliphatic rings. The molecule has 0 amide bonds. The summed E-state index contributed by atoms with van der Waals surface area (Å²) in [7, 11) is 0. The van der Waals surface area contributed by atoms with Crippen molar-refractivity contribution < 1.29 is 44.6 Å². The maximum atomic E-state index is 10.2. The molecule has 0 radical (unpaired) electrons. The largest absolute Gasteiger partial charge is 1.00 e. The van der Waals surface area contributed by atoms with Crippen LogP contribution in [-0.4, -0.2) is 17.2 Å². The van der Waals surface area contributed by atoms with Crippen molar-refractivity contribution in [1.82, 2.24) is 0 Å². The summed E-state index contributed by atoms with van der Waals surface area (Å²) in [6, 6.07) is 0. The van der Waals surface area contributed by atoms with Crippen LogP contribution >= 0.6 is 0 Å². The third-order valence-electron chi connectivity index (χ3n) is 3.09. The van der Waals surface area contributed by atoms with E-state index in [9.17, 15) is 15.0 Å². The molecular formula is C18H29NaO3. The molecule has 0 spiro atoms. The number of carbonyl (C=O) groups is 1. The van der Waals surface area contributed by atoms with Crippen LogP contribution in [0.25, 0.3) is 0 Å². The van der Waals surface area contributed by atoms with Crippen LogP contribution in [0.3, 0.4) is 0 Å². The summed E-state index contributed by atoms with van der Waals surface area (Å²) in [5.41, 5.74) is 0. The molecule has 0 rings (SSSR count). The molecule has 0 aromatic carbocycles. The van der Waals surface area contributed by atoms with E-state index in [2.05, 4.69) is 31.2 Å². The first-order valence-electron chi connectivity index (χ1n) is 8.01. The fourth-order valence-electron chi connectivity index (χ4n) is 1.84. The van der Waals surface area contributed by atoms with Crippen molar-refractivity contribution >= 4 is 5.97 Å². The maximum absolute atomic E-state index is 10.2. The van der Waals surface area contributed by atoms with Gasteiger partial charge in [0.1, 0.15) is 0 Å². The van der Waals surface area contributed by atoms with Gasteiger partial charge in [-0.25, -0.2) is 0 Å². The van der Waals surface area contributed by atoms with Crippen molar-refractivity contribution in [2.24, 2.45) is 0 Å². The Morgan fingerprint density at radius 1 is 1.05 bits per heavy atom. The van der Waals surface area contributed by atoms with Crippen LogP contribution in [0.1, 0.15) is 64.7 Å². The van der Waals surface area contributed by atoms with Gasteiger partial charge in [0.25, 0.3) is 0 Å². The minimum absolute atomic E-state index is 0. The third kappa shape index (κ3) is 19.7. The molecule has 0 aliphatic heterocycles. The number of hydrogen-bond acceptors (Lipinski definition) is 3. The van der Waals surface area contributed by atoms with Crippen molar-refractivity contribution in [3.8, 4) is 0 Å². The summed E-state index contributed by atoms with van der Waals surface area (Å²) in [4.78, 5) is 10.2. The number of hydrogen-bond donors (Lipinski definition) is 1. The summed E-state index contributed by atoms with van der Waals surface area (Å²) in [6.07, 6.45) is 19.4. The summed E-state index contributed by atoms with van der Waals surface area (Å²) in [6.45, 7) is 2.12. The molecule has 0 heterocycles. The van der Waals surface area contributed by atoms with E-state index in [1.807, 2.05) is 12.2 Å². The van der Waals surface area contributed by atoms with Crippen LogP contribution in [0.2, 0.25) is 0 Å². The molecule has 0 bridgehead atoms. The van der Waals surface area contributed by atoms with Gasteiger partial charge in [0, 0.05) is 5.97 Å². The zero-order chi connectivity index (χ0) is 15.8. The number of carboxylic acids is 1. The van der Waals surface area contributed by atoms with E-state index in [0.29, 0.717) is 6.42 Å². The fraction of sp³-hybridized carbons (Fsp3) is 0.611. The molecule has 0 aromatic rings. The second-order valence-electron chi connectivity index (χ2n) is 5.17. The van der Waals surface area contributed by atoms with Crippen LogP contribution in [0.5, 0.6) is 0 Å². The Labute approximate surface area is 157 Å². The summed E-state index contributed by atoms with van der Waals surface area (Å²) in [5, 5.41) is 19.8. The topological polar surface area (TPSA) is 60.4 Å². The predicted molar refractivity (Wildman–Crippen MR) is 85.7 cm³/mol. The smallest absolute Gasteiger partial charge is 0.550 e. The summed E-state index contributed by atoms with van der Waals surface area (Å²) >= 11 is 0. The molecule has 3 nitrogen and oxygen atoms in total. The molecule has 1 N–H and O–H groups in total. The zero-order valence-electron chi connectivity index (χ0n) is 14.2. The molecule has 120 valence electrons. The van der Waals surface area contributed by atoms with Crippen molar-refractivity contribution in [1.29, 1.82) is 0 Å². The number of carboxylic acid groups (broad SMARTS) is 1. The number of aliphatic hydroxyl groups excluding tert-OH is 1.